The molecule has 9 heteroatoms. The van der Waals surface area contributed by atoms with Crippen molar-refractivity contribution in [1.29, 1.82) is 0 Å². The number of methoxy groups -OCH3 is 2. The number of para-hydroxylation sites is 2. The number of ether oxygens (including phenoxy) is 2. The van der Waals surface area contributed by atoms with E-state index in [2.05, 4.69) is 10.3 Å². The summed E-state index contributed by atoms with van der Waals surface area (Å²) in [6, 6.07) is 17.6. The molecular weight excluding hydrogens is 434 g/mol. The van der Waals surface area contributed by atoms with Crippen molar-refractivity contribution in [3.63, 3.8) is 0 Å². The SMILES string of the molecule is COc1ccc(NC(=O)Cn2c3ccccc3n3c(=O)cc(-c4cccnc4)nc23)cc1OC. The minimum atomic E-state index is -0.281. The molecule has 170 valence electrons. The number of nitrogens with one attached hydrogen (secondary N) is 1. The molecule has 5 rings (SSSR count). The molecule has 0 aliphatic carbocycles. The van der Waals surface area contributed by atoms with Crippen molar-refractivity contribution < 1.29 is 14.3 Å². The highest BCUT2D eigenvalue weighted by Gasteiger charge is 2.17. The minimum absolute atomic E-state index is 0.0473. The van der Waals surface area contributed by atoms with Gasteiger partial charge in [-0.15, -0.1) is 0 Å². The summed E-state index contributed by atoms with van der Waals surface area (Å²) in [5.74, 6) is 1.16. The van der Waals surface area contributed by atoms with E-state index in [0.29, 0.717) is 39.7 Å². The maximum atomic E-state index is 13.1. The summed E-state index contributed by atoms with van der Waals surface area (Å²) in [6.07, 6.45) is 3.30. The Bertz CT molecular complexity index is 1570. The molecule has 0 atom stereocenters. The minimum Gasteiger partial charge on any atom is -0.493 e. The van der Waals surface area contributed by atoms with Gasteiger partial charge in [0.2, 0.25) is 11.7 Å². The van der Waals surface area contributed by atoms with Crippen molar-refractivity contribution in [2.45, 2.75) is 6.54 Å². The van der Waals surface area contributed by atoms with Gasteiger partial charge in [0.1, 0.15) is 6.54 Å². The van der Waals surface area contributed by atoms with Crippen LogP contribution in [0.2, 0.25) is 0 Å². The number of aromatic nitrogens is 4. The molecule has 0 fully saturated rings. The molecule has 3 heterocycles. The Balaban J connectivity index is 1.57. The zero-order valence-corrected chi connectivity index (χ0v) is 18.6. The monoisotopic (exact) mass is 455 g/mol. The number of carbonyl (C=O) groups excluding carboxylic acids is 1. The van der Waals surface area contributed by atoms with Crippen LogP contribution in [0.1, 0.15) is 0 Å². The fourth-order valence-corrected chi connectivity index (χ4v) is 3.94. The van der Waals surface area contributed by atoms with Gasteiger partial charge in [0.15, 0.2) is 11.5 Å². The van der Waals surface area contributed by atoms with Crippen molar-refractivity contribution in [1.82, 2.24) is 18.9 Å². The first kappa shape index (κ1) is 21.2. The van der Waals surface area contributed by atoms with Gasteiger partial charge in [-0.1, -0.05) is 12.1 Å². The molecule has 3 aromatic heterocycles. The van der Waals surface area contributed by atoms with Gasteiger partial charge < -0.3 is 19.4 Å². The Labute approximate surface area is 194 Å². The summed E-state index contributed by atoms with van der Waals surface area (Å²) in [5, 5.41) is 2.88. The van der Waals surface area contributed by atoms with Crippen LogP contribution in [0.4, 0.5) is 5.69 Å². The largest absolute Gasteiger partial charge is 0.493 e. The lowest BCUT2D eigenvalue weighted by molar-refractivity contribution is -0.116. The molecule has 0 radical (unpaired) electrons. The number of hydrogen-bond acceptors (Lipinski definition) is 6. The quantitative estimate of drug-likeness (QED) is 0.421. The van der Waals surface area contributed by atoms with Crippen molar-refractivity contribution in [2.24, 2.45) is 0 Å². The van der Waals surface area contributed by atoms with Gasteiger partial charge >= 0.3 is 0 Å². The highest BCUT2D eigenvalue weighted by Crippen LogP contribution is 2.30. The van der Waals surface area contributed by atoms with E-state index < -0.39 is 0 Å². The normalized spacial score (nSPS) is 11.0. The lowest BCUT2D eigenvalue weighted by Gasteiger charge is -2.11. The number of nitrogens with zero attached hydrogens (tertiary/aromatic N) is 4. The third kappa shape index (κ3) is 3.73. The third-order valence-electron chi connectivity index (χ3n) is 5.48. The van der Waals surface area contributed by atoms with Gasteiger partial charge in [0.05, 0.1) is 30.9 Å². The van der Waals surface area contributed by atoms with Gasteiger partial charge in [0, 0.05) is 35.8 Å². The van der Waals surface area contributed by atoms with Crippen LogP contribution >= 0.6 is 0 Å². The smallest absolute Gasteiger partial charge is 0.260 e. The zero-order chi connectivity index (χ0) is 23.7. The van der Waals surface area contributed by atoms with Gasteiger partial charge in [-0.05, 0) is 36.4 Å². The number of rotatable bonds is 6. The van der Waals surface area contributed by atoms with E-state index >= 15 is 0 Å². The summed E-state index contributed by atoms with van der Waals surface area (Å²) in [6.45, 7) is -0.0473. The van der Waals surface area contributed by atoms with Gasteiger partial charge in [-0.2, -0.15) is 0 Å². The first-order valence-electron chi connectivity index (χ1n) is 10.5. The number of amides is 1. The maximum absolute atomic E-state index is 13.1. The van der Waals surface area contributed by atoms with E-state index in [1.807, 2.05) is 30.3 Å². The lowest BCUT2D eigenvalue weighted by Crippen LogP contribution is -2.20. The Hall–Kier alpha value is -4.66. The van der Waals surface area contributed by atoms with Gasteiger partial charge in [-0.25, -0.2) is 9.38 Å². The van der Waals surface area contributed by atoms with Crippen molar-refractivity contribution in [3.8, 4) is 22.8 Å². The zero-order valence-electron chi connectivity index (χ0n) is 18.6. The standard InChI is InChI=1S/C25H21N5O4/c1-33-21-10-9-17(12-22(21)34-2)27-23(31)15-29-19-7-3-4-8-20(19)30-24(32)13-18(28-25(29)30)16-6-5-11-26-14-16/h3-14H,15H2,1-2H3,(H,27,31). The Kier molecular flexibility index (Phi) is 5.43. The molecule has 0 saturated carbocycles. The van der Waals surface area contributed by atoms with E-state index in [4.69, 9.17) is 14.5 Å². The molecule has 0 aliphatic heterocycles. The molecule has 2 aromatic carbocycles. The Morgan fingerprint density at radius 2 is 1.76 bits per heavy atom. The summed E-state index contributed by atoms with van der Waals surface area (Å²) >= 11 is 0. The number of carbonyl (C=O) groups is 1. The average Bonchev–Trinajstić information content (AvgIpc) is 3.18. The summed E-state index contributed by atoms with van der Waals surface area (Å²) < 4.78 is 13.8. The highest BCUT2D eigenvalue weighted by molar-refractivity contribution is 5.93. The van der Waals surface area contributed by atoms with Crippen LogP contribution in [0.5, 0.6) is 11.5 Å². The molecule has 1 N–H and O–H groups in total. The number of hydrogen-bond donors (Lipinski definition) is 1. The van der Waals surface area contributed by atoms with E-state index in [1.54, 1.807) is 48.3 Å². The number of anilines is 1. The molecule has 0 aliphatic rings. The van der Waals surface area contributed by atoms with Crippen LogP contribution in [0.15, 0.2) is 77.9 Å². The second-order valence-electron chi connectivity index (χ2n) is 7.55. The van der Waals surface area contributed by atoms with Crippen molar-refractivity contribution in [2.75, 3.05) is 19.5 Å². The summed E-state index contributed by atoms with van der Waals surface area (Å²) in [7, 11) is 3.08. The average molecular weight is 455 g/mol. The predicted molar refractivity (Wildman–Crippen MR) is 128 cm³/mol. The van der Waals surface area contributed by atoms with E-state index in [9.17, 15) is 9.59 Å². The van der Waals surface area contributed by atoms with Crippen LogP contribution < -0.4 is 20.3 Å². The van der Waals surface area contributed by atoms with Crippen LogP contribution in [-0.4, -0.2) is 39.1 Å². The number of benzene rings is 2. The topological polar surface area (TPSA) is 99.8 Å². The fourth-order valence-electron chi connectivity index (χ4n) is 3.94. The molecule has 9 nitrogen and oxygen atoms in total. The van der Waals surface area contributed by atoms with E-state index in [-0.39, 0.29) is 18.0 Å². The molecular formula is C25H21N5O4. The molecule has 0 saturated heterocycles. The van der Waals surface area contributed by atoms with E-state index in [1.165, 1.54) is 17.6 Å². The van der Waals surface area contributed by atoms with E-state index in [0.717, 1.165) is 5.52 Å². The highest BCUT2D eigenvalue weighted by atomic mass is 16.5. The number of pyridine rings is 1. The number of fused-ring (bicyclic) bond motifs is 3. The summed E-state index contributed by atoms with van der Waals surface area (Å²) in [4.78, 5) is 34.9. The molecule has 0 bridgehead atoms. The number of imidazole rings is 1. The summed E-state index contributed by atoms with van der Waals surface area (Å²) in [5.41, 5.74) is 2.92. The molecule has 34 heavy (non-hydrogen) atoms. The predicted octanol–water partition coefficient (Wildman–Crippen LogP) is 3.37. The van der Waals surface area contributed by atoms with Crippen molar-refractivity contribution >= 4 is 28.4 Å². The Morgan fingerprint density at radius 3 is 2.50 bits per heavy atom. The Morgan fingerprint density at radius 1 is 0.971 bits per heavy atom. The fraction of sp³-hybridized carbons (Fsp3) is 0.120. The maximum Gasteiger partial charge on any atom is 0.260 e. The molecule has 0 spiro atoms. The van der Waals surface area contributed by atoms with Gasteiger partial charge in [0.25, 0.3) is 5.56 Å². The van der Waals surface area contributed by atoms with Crippen LogP contribution in [0.25, 0.3) is 28.1 Å². The van der Waals surface area contributed by atoms with Crippen LogP contribution in [-0.2, 0) is 11.3 Å². The molecule has 1 amide bonds. The van der Waals surface area contributed by atoms with Crippen LogP contribution in [0, 0.1) is 0 Å². The first-order chi connectivity index (χ1) is 16.6. The second kappa shape index (κ2) is 8.70. The lowest BCUT2D eigenvalue weighted by atomic mass is 10.2. The first-order valence-corrected chi connectivity index (χ1v) is 10.5. The third-order valence-corrected chi connectivity index (χ3v) is 5.48. The second-order valence-corrected chi connectivity index (χ2v) is 7.55. The van der Waals surface area contributed by atoms with Crippen LogP contribution in [0.3, 0.4) is 0 Å². The van der Waals surface area contributed by atoms with Crippen molar-refractivity contribution in [3.05, 3.63) is 83.4 Å². The molecule has 5 aromatic rings. The van der Waals surface area contributed by atoms with Gasteiger partial charge in [-0.3, -0.25) is 14.6 Å². The molecule has 0 unspecified atom stereocenters.